The van der Waals surface area contributed by atoms with E-state index in [2.05, 4.69) is 29.2 Å². The number of thiazole rings is 1. The van der Waals surface area contributed by atoms with Crippen LogP contribution in [0.2, 0.25) is 0 Å². The maximum atomic E-state index is 6.37. The van der Waals surface area contributed by atoms with Crippen LogP contribution in [0.25, 0.3) is 0 Å². The summed E-state index contributed by atoms with van der Waals surface area (Å²) in [4.78, 5) is 5.65. The predicted molar refractivity (Wildman–Crippen MR) is 80.7 cm³/mol. The van der Waals surface area contributed by atoms with E-state index in [1.54, 1.807) is 11.3 Å². The number of hydrogen-bond acceptors (Lipinski definition) is 3. The molecule has 1 atom stereocenters. The summed E-state index contributed by atoms with van der Waals surface area (Å²) in [6.07, 6.45) is 4.07. The Bertz CT molecular complexity index is 567. The van der Waals surface area contributed by atoms with Crippen LogP contribution in [0.3, 0.4) is 0 Å². The van der Waals surface area contributed by atoms with Crippen LogP contribution < -0.4 is 5.73 Å². The van der Waals surface area contributed by atoms with E-state index in [1.165, 1.54) is 35.3 Å². The molecular formula is C16H20N2S. The van der Waals surface area contributed by atoms with Gasteiger partial charge >= 0.3 is 0 Å². The average Bonchev–Trinajstić information content (AvgIpc) is 2.66. The molecule has 1 aliphatic rings. The van der Waals surface area contributed by atoms with Gasteiger partial charge in [-0.15, -0.1) is 11.3 Å². The van der Waals surface area contributed by atoms with E-state index in [0.717, 1.165) is 16.6 Å². The van der Waals surface area contributed by atoms with Crippen molar-refractivity contribution in [3.05, 3.63) is 51.0 Å². The van der Waals surface area contributed by atoms with Crippen LogP contribution in [0.1, 0.15) is 57.9 Å². The van der Waals surface area contributed by atoms with Crippen LogP contribution in [0.4, 0.5) is 0 Å². The zero-order chi connectivity index (χ0) is 13.4. The molecule has 1 saturated carbocycles. The fourth-order valence-electron chi connectivity index (χ4n) is 2.70. The average molecular weight is 272 g/mol. The molecule has 1 heterocycles. The Kier molecular flexibility index (Phi) is 3.42. The quantitative estimate of drug-likeness (QED) is 0.914. The Labute approximate surface area is 118 Å². The minimum atomic E-state index is -0.0401. The molecule has 0 aliphatic heterocycles. The zero-order valence-corrected chi connectivity index (χ0v) is 12.3. The molecule has 2 aromatic rings. The zero-order valence-electron chi connectivity index (χ0n) is 11.5. The van der Waals surface area contributed by atoms with Crippen molar-refractivity contribution in [2.24, 2.45) is 5.73 Å². The molecule has 3 heteroatoms. The molecular weight excluding hydrogens is 252 g/mol. The molecule has 1 aromatic heterocycles. The second-order valence-electron chi connectivity index (χ2n) is 5.45. The van der Waals surface area contributed by atoms with Crippen LogP contribution in [0.15, 0.2) is 24.3 Å². The van der Waals surface area contributed by atoms with Gasteiger partial charge in [-0.2, -0.15) is 0 Å². The van der Waals surface area contributed by atoms with Gasteiger partial charge in [-0.1, -0.05) is 30.7 Å². The molecule has 3 rings (SSSR count). The van der Waals surface area contributed by atoms with E-state index in [-0.39, 0.29) is 6.04 Å². The predicted octanol–water partition coefficient (Wildman–Crippen LogP) is 4.08. The fraction of sp³-hybridized carbons (Fsp3) is 0.438. The second-order valence-corrected chi connectivity index (χ2v) is 6.69. The topological polar surface area (TPSA) is 38.9 Å². The van der Waals surface area contributed by atoms with E-state index < -0.39 is 0 Å². The first kappa shape index (κ1) is 12.8. The summed E-state index contributed by atoms with van der Waals surface area (Å²) in [6.45, 7) is 4.08. The third-order valence-corrected chi connectivity index (χ3v) is 5.25. The molecule has 100 valence electrons. The number of aromatic nitrogens is 1. The van der Waals surface area contributed by atoms with Crippen LogP contribution in [0.5, 0.6) is 0 Å². The molecule has 0 saturated heterocycles. The first-order chi connectivity index (χ1) is 9.15. The van der Waals surface area contributed by atoms with Crippen molar-refractivity contribution >= 4 is 11.3 Å². The summed E-state index contributed by atoms with van der Waals surface area (Å²) in [5, 5.41) is 1.09. The molecule has 2 N–H and O–H groups in total. The lowest BCUT2D eigenvalue weighted by molar-refractivity contribution is 0.419. The molecule has 0 bridgehead atoms. The molecule has 1 aliphatic carbocycles. The minimum absolute atomic E-state index is 0.0401. The lowest BCUT2D eigenvalue weighted by Crippen LogP contribution is -2.12. The van der Waals surface area contributed by atoms with Gasteiger partial charge in [-0.3, -0.25) is 0 Å². The highest BCUT2D eigenvalue weighted by Gasteiger charge is 2.20. The van der Waals surface area contributed by atoms with Crippen LogP contribution >= 0.6 is 11.3 Å². The summed E-state index contributed by atoms with van der Waals surface area (Å²) >= 11 is 1.71. The lowest BCUT2D eigenvalue weighted by Gasteiger charge is -2.26. The van der Waals surface area contributed by atoms with Gasteiger partial charge in [-0.25, -0.2) is 4.98 Å². The maximum Gasteiger partial charge on any atom is 0.0900 e. The normalized spacial score (nSPS) is 17.2. The number of rotatable bonds is 3. The fourth-order valence-corrected chi connectivity index (χ4v) is 3.66. The van der Waals surface area contributed by atoms with Gasteiger partial charge < -0.3 is 5.73 Å². The monoisotopic (exact) mass is 272 g/mol. The van der Waals surface area contributed by atoms with Gasteiger partial charge in [0.05, 0.1) is 16.7 Å². The first-order valence-corrected chi connectivity index (χ1v) is 7.76. The lowest BCUT2D eigenvalue weighted by atomic mass is 9.80. The highest BCUT2D eigenvalue weighted by Crippen LogP contribution is 2.37. The minimum Gasteiger partial charge on any atom is -0.320 e. The molecule has 0 radical (unpaired) electrons. The van der Waals surface area contributed by atoms with E-state index in [9.17, 15) is 0 Å². The third kappa shape index (κ3) is 2.45. The summed E-state index contributed by atoms with van der Waals surface area (Å²) in [6, 6.07) is 8.84. The molecule has 1 unspecified atom stereocenters. The molecule has 0 spiro atoms. The van der Waals surface area contributed by atoms with E-state index >= 15 is 0 Å². The van der Waals surface area contributed by atoms with Gasteiger partial charge in [0, 0.05) is 4.88 Å². The number of nitrogens with two attached hydrogens (primary N) is 1. The van der Waals surface area contributed by atoms with Crippen molar-refractivity contribution in [2.75, 3.05) is 0 Å². The second kappa shape index (κ2) is 5.06. The Morgan fingerprint density at radius 3 is 2.37 bits per heavy atom. The molecule has 19 heavy (non-hydrogen) atoms. The van der Waals surface area contributed by atoms with Gasteiger partial charge in [0.1, 0.15) is 0 Å². The van der Waals surface area contributed by atoms with Crippen molar-refractivity contribution in [1.29, 1.82) is 0 Å². The van der Waals surface area contributed by atoms with Crippen molar-refractivity contribution in [3.8, 4) is 0 Å². The molecule has 0 amide bonds. The Hall–Kier alpha value is -1.19. The van der Waals surface area contributed by atoms with Crippen LogP contribution in [0, 0.1) is 13.8 Å². The van der Waals surface area contributed by atoms with E-state index in [1.807, 2.05) is 13.8 Å². The van der Waals surface area contributed by atoms with Crippen molar-refractivity contribution in [1.82, 2.24) is 4.98 Å². The van der Waals surface area contributed by atoms with Crippen LogP contribution in [-0.2, 0) is 0 Å². The number of nitrogens with zero attached hydrogens (tertiary/aromatic N) is 1. The van der Waals surface area contributed by atoms with Crippen LogP contribution in [-0.4, -0.2) is 4.98 Å². The van der Waals surface area contributed by atoms with E-state index in [0.29, 0.717) is 0 Å². The van der Waals surface area contributed by atoms with Gasteiger partial charge in [0.25, 0.3) is 0 Å². The summed E-state index contributed by atoms with van der Waals surface area (Å²) in [5.74, 6) is 0.789. The van der Waals surface area contributed by atoms with Crippen molar-refractivity contribution in [3.63, 3.8) is 0 Å². The number of benzene rings is 1. The van der Waals surface area contributed by atoms with Crippen molar-refractivity contribution in [2.45, 2.75) is 45.1 Å². The SMILES string of the molecule is Cc1nc(C)c(C(N)c2ccc(C3CCC3)cc2)s1. The van der Waals surface area contributed by atoms with E-state index in [4.69, 9.17) is 5.73 Å². The molecule has 2 nitrogen and oxygen atoms in total. The Morgan fingerprint density at radius 2 is 1.89 bits per heavy atom. The van der Waals surface area contributed by atoms with Crippen molar-refractivity contribution < 1.29 is 0 Å². The Morgan fingerprint density at radius 1 is 1.21 bits per heavy atom. The third-order valence-electron chi connectivity index (χ3n) is 4.09. The first-order valence-electron chi connectivity index (χ1n) is 6.94. The largest absolute Gasteiger partial charge is 0.320 e. The summed E-state index contributed by atoms with van der Waals surface area (Å²) in [5.41, 5.74) is 10.1. The standard InChI is InChI=1S/C16H20N2S/c1-10-16(19-11(2)18-10)15(17)14-8-6-13(7-9-14)12-4-3-5-12/h6-9,12,15H,3-5,17H2,1-2H3. The highest BCUT2D eigenvalue weighted by molar-refractivity contribution is 7.11. The molecule has 1 aromatic carbocycles. The Balaban J connectivity index is 1.83. The van der Waals surface area contributed by atoms with Gasteiger partial charge in [0.2, 0.25) is 0 Å². The summed E-state index contributed by atoms with van der Waals surface area (Å²) in [7, 11) is 0. The molecule has 1 fully saturated rings. The maximum absolute atomic E-state index is 6.37. The van der Waals surface area contributed by atoms with Gasteiger partial charge in [-0.05, 0) is 43.7 Å². The highest BCUT2D eigenvalue weighted by atomic mass is 32.1. The van der Waals surface area contributed by atoms with Gasteiger partial charge in [0.15, 0.2) is 0 Å². The number of hydrogen-bond donors (Lipinski definition) is 1. The summed E-state index contributed by atoms with van der Waals surface area (Å²) < 4.78 is 0. The number of aryl methyl sites for hydroxylation is 2. The smallest absolute Gasteiger partial charge is 0.0900 e.